The summed E-state index contributed by atoms with van der Waals surface area (Å²) in [7, 11) is 1.60. The lowest BCUT2D eigenvalue weighted by atomic mass is 10.1. The minimum atomic E-state index is -1.22. The largest absolute Gasteiger partial charge is 0.382 e. The molecule has 0 bridgehead atoms. The van der Waals surface area contributed by atoms with Crippen molar-refractivity contribution in [3.63, 3.8) is 0 Å². The predicted molar refractivity (Wildman–Crippen MR) is 64.2 cm³/mol. The van der Waals surface area contributed by atoms with Gasteiger partial charge in [0, 0.05) is 17.6 Å². The van der Waals surface area contributed by atoms with Crippen molar-refractivity contribution in [2.75, 3.05) is 0 Å². The number of aliphatic hydroxyl groups is 1. The Morgan fingerprint density at radius 1 is 1.53 bits per heavy atom. The summed E-state index contributed by atoms with van der Waals surface area (Å²) in [4.78, 5) is 0. The second-order valence-electron chi connectivity index (χ2n) is 3.43. The van der Waals surface area contributed by atoms with Gasteiger partial charge in [-0.15, -0.1) is 5.10 Å². The molecule has 0 spiro atoms. The van der Waals surface area contributed by atoms with Crippen molar-refractivity contribution in [3.8, 4) is 0 Å². The van der Waals surface area contributed by atoms with Gasteiger partial charge in [0.15, 0.2) is 4.60 Å². The van der Waals surface area contributed by atoms with E-state index in [0.717, 1.165) is 0 Å². The molecule has 1 unspecified atom stereocenters. The first-order chi connectivity index (χ1) is 8.02. The molecule has 2 aromatic rings. The molecular weight excluding hydrogens is 312 g/mol. The number of hydrogen-bond donors (Lipinski definition) is 1. The molecule has 2 rings (SSSR count). The summed E-state index contributed by atoms with van der Waals surface area (Å²) in [5.74, 6) is -0.571. The van der Waals surface area contributed by atoms with E-state index >= 15 is 0 Å². The maximum Gasteiger partial charge on any atom is 0.154 e. The topological polar surface area (TPSA) is 50.9 Å². The number of nitrogens with zero attached hydrogens (tertiary/aromatic N) is 3. The van der Waals surface area contributed by atoms with Gasteiger partial charge in [-0.2, -0.15) is 0 Å². The lowest BCUT2D eigenvalue weighted by molar-refractivity contribution is 0.204. The fourth-order valence-electron chi connectivity index (χ4n) is 1.54. The molecule has 1 aromatic carbocycles. The van der Waals surface area contributed by atoms with Crippen LogP contribution in [0.4, 0.5) is 4.39 Å². The van der Waals surface area contributed by atoms with Gasteiger partial charge in [0.25, 0.3) is 0 Å². The number of aromatic nitrogens is 3. The monoisotopic (exact) mass is 319 g/mol. The predicted octanol–water partition coefficient (Wildman–Crippen LogP) is 2.45. The Labute approximate surface area is 110 Å². The number of aliphatic hydroxyl groups excluding tert-OH is 1. The Balaban J connectivity index is 2.55. The molecule has 0 radical (unpaired) electrons. The summed E-state index contributed by atoms with van der Waals surface area (Å²) in [6.07, 6.45) is -1.22. The number of rotatable bonds is 2. The molecule has 1 atom stereocenters. The van der Waals surface area contributed by atoms with Crippen molar-refractivity contribution in [2.24, 2.45) is 7.05 Å². The average Bonchev–Trinajstić information content (AvgIpc) is 2.58. The highest BCUT2D eigenvalue weighted by Crippen LogP contribution is 2.32. The fourth-order valence-corrected chi connectivity index (χ4v) is 2.35. The first kappa shape index (κ1) is 12.5. The van der Waals surface area contributed by atoms with Gasteiger partial charge in [0.2, 0.25) is 0 Å². The lowest BCUT2D eigenvalue weighted by Gasteiger charge is -2.13. The van der Waals surface area contributed by atoms with Crippen LogP contribution in [0.15, 0.2) is 22.8 Å². The van der Waals surface area contributed by atoms with Crippen LogP contribution in [-0.4, -0.2) is 20.1 Å². The third-order valence-electron chi connectivity index (χ3n) is 2.36. The molecule has 1 heterocycles. The van der Waals surface area contributed by atoms with Gasteiger partial charge >= 0.3 is 0 Å². The first-order valence-electron chi connectivity index (χ1n) is 4.69. The van der Waals surface area contributed by atoms with Crippen molar-refractivity contribution >= 4 is 27.5 Å². The Kier molecular flexibility index (Phi) is 3.46. The lowest BCUT2D eigenvalue weighted by Crippen LogP contribution is -2.09. The van der Waals surface area contributed by atoms with Crippen LogP contribution in [0.3, 0.4) is 0 Å². The van der Waals surface area contributed by atoms with E-state index in [-0.39, 0.29) is 10.6 Å². The summed E-state index contributed by atoms with van der Waals surface area (Å²) < 4.78 is 15.4. The molecule has 0 aliphatic rings. The maximum absolute atomic E-state index is 13.6. The molecule has 0 saturated heterocycles. The highest BCUT2D eigenvalue weighted by atomic mass is 79.9. The molecule has 0 fully saturated rings. The minimum absolute atomic E-state index is 0.0141. The zero-order valence-corrected chi connectivity index (χ0v) is 11.1. The molecule has 90 valence electrons. The van der Waals surface area contributed by atoms with Crippen LogP contribution in [0.5, 0.6) is 0 Å². The minimum Gasteiger partial charge on any atom is -0.382 e. The van der Waals surface area contributed by atoms with E-state index in [1.165, 1.54) is 22.9 Å². The van der Waals surface area contributed by atoms with Crippen LogP contribution in [0.1, 0.15) is 17.4 Å². The van der Waals surface area contributed by atoms with Crippen molar-refractivity contribution in [1.29, 1.82) is 0 Å². The van der Waals surface area contributed by atoms with Crippen molar-refractivity contribution in [1.82, 2.24) is 15.0 Å². The van der Waals surface area contributed by atoms with Gasteiger partial charge in [-0.1, -0.05) is 22.9 Å². The molecule has 0 aliphatic carbocycles. The van der Waals surface area contributed by atoms with Crippen molar-refractivity contribution < 1.29 is 9.50 Å². The molecule has 0 amide bonds. The quantitative estimate of drug-likeness (QED) is 0.925. The van der Waals surface area contributed by atoms with E-state index < -0.39 is 11.9 Å². The van der Waals surface area contributed by atoms with Gasteiger partial charge in [-0.05, 0) is 28.1 Å². The van der Waals surface area contributed by atoms with Crippen LogP contribution in [0.2, 0.25) is 5.02 Å². The zero-order chi connectivity index (χ0) is 12.6. The summed E-state index contributed by atoms with van der Waals surface area (Å²) >= 11 is 9.02. The third-order valence-corrected chi connectivity index (χ3v) is 3.25. The fraction of sp³-hybridized carbons (Fsp3) is 0.200. The summed E-state index contributed by atoms with van der Waals surface area (Å²) in [6.45, 7) is 0. The van der Waals surface area contributed by atoms with Crippen LogP contribution in [0.25, 0.3) is 0 Å². The van der Waals surface area contributed by atoms with Crippen LogP contribution >= 0.6 is 27.5 Å². The first-order valence-corrected chi connectivity index (χ1v) is 5.86. The number of benzene rings is 1. The van der Waals surface area contributed by atoms with Gasteiger partial charge in [0.05, 0.1) is 0 Å². The molecule has 0 aliphatic heterocycles. The second kappa shape index (κ2) is 4.72. The van der Waals surface area contributed by atoms with E-state index in [1.807, 2.05) is 0 Å². The van der Waals surface area contributed by atoms with Crippen LogP contribution < -0.4 is 0 Å². The summed E-state index contributed by atoms with van der Waals surface area (Å²) in [5.41, 5.74) is 0.359. The number of halogens is 3. The third kappa shape index (κ3) is 2.20. The van der Waals surface area contributed by atoms with Crippen molar-refractivity contribution in [2.45, 2.75) is 6.10 Å². The second-order valence-corrected chi connectivity index (χ2v) is 4.59. The Morgan fingerprint density at radius 2 is 2.24 bits per heavy atom. The van der Waals surface area contributed by atoms with Gasteiger partial charge < -0.3 is 5.11 Å². The van der Waals surface area contributed by atoms with E-state index in [0.29, 0.717) is 10.3 Å². The molecule has 1 aromatic heterocycles. The van der Waals surface area contributed by atoms with Crippen LogP contribution in [-0.2, 0) is 7.05 Å². The zero-order valence-electron chi connectivity index (χ0n) is 8.73. The SMILES string of the molecule is Cn1nnc(Br)c1C(O)c1c(F)cccc1Cl. The highest BCUT2D eigenvalue weighted by molar-refractivity contribution is 9.10. The molecular formula is C10H8BrClFN3O. The molecule has 0 saturated carbocycles. The molecule has 1 N–H and O–H groups in total. The summed E-state index contributed by atoms with van der Waals surface area (Å²) in [6, 6.07) is 4.23. The average molecular weight is 321 g/mol. The molecule has 17 heavy (non-hydrogen) atoms. The van der Waals surface area contributed by atoms with E-state index in [2.05, 4.69) is 26.2 Å². The van der Waals surface area contributed by atoms with E-state index in [4.69, 9.17) is 11.6 Å². The molecule has 4 nitrogen and oxygen atoms in total. The standard InChI is InChI=1S/C10H8BrClFN3O/c1-16-8(10(11)14-15-16)9(17)7-5(12)3-2-4-6(7)13/h2-4,9,17H,1H3. The number of hydrogen-bond acceptors (Lipinski definition) is 3. The van der Waals surface area contributed by atoms with Gasteiger partial charge in [0.1, 0.15) is 17.6 Å². The van der Waals surface area contributed by atoms with E-state index in [9.17, 15) is 9.50 Å². The normalized spacial score (nSPS) is 12.8. The Morgan fingerprint density at radius 3 is 2.76 bits per heavy atom. The number of aryl methyl sites for hydroxylation is 1. The van der Waals surface area contributed by atoms with Gasteiger partial charge in [-0.3, -0.25) is 0 Å². The van der Waals surface area contributed by atoms with E-state index in [1.54, 1.807) is 7.05 Å². The smallest absolute Gasteiger partial charge is 0.154 e. The van der Waals surface area contributed by atoms with Crippen molar-refractivity contribution in [3.05, 3.63) is 44.9 Å². The Hall–Kier alpha value is -0.980. The Bertz CT molecular complexity index is 521. The maximum atomic E-state index is 13.6. The summed E-state index contributed by atoms with van der Waals surface area (Å²) in [5, 5.41) is 17.7. The highest BCUT2D eigenvalue weighted by Gasteiger charge is 2.24. The van der Waals surface area contributed by atoms with Gasteiger partial charge in [-0.25, -0.2) is 9.07 Å². The van der Waals surface area contributed by atoms with Crippen LogP contribution in [0, 0.1) is 5.82 Å². The molecule has 7 heteroatoms.